The van der Waals surface area contributed by atoms with Crippen LogP contribution >= 0.6 is 16.5 Å². The number of hydrogen-bond acceptors (Lipinski definition) is 0. The highest BCUT2D eigenvalue weighted by Crippen LogP contribution is 2.33. The summed E-state index contributed by atoms with van der Waals surface area (Å²) in [6.45, 7) is 4.22. The highest BCUT2D eigenvalue weighted by atomic mass is 32.0. The molecule has 0 nitrogen and oxygen atoms in total. The molecule has 0 bridgehead atoms. The van der Waals surface area contributed by atoms with Crippen LogP contribution in [0, 0.1) is 0 Å². The van der Waals surface area contributed by atoms with E-state index in [0.717, 1.165) is 0 Å². The fraction of sp³-hybridized carbons (Fsp3) is 1.00. The summed E-state index contributed by atoms with van der Waals surface area (Å²) < 4.78 is 6.71. The Morgan fingerprint density at radius 1 is 2.00 bits per heavy atom. The summed E-state index contributed by atoms with van der Waals surface area (Å²) in [7, 11) is 0.525. The van der Waals surface area contributed by atoms with Crippen LogP contribution < -0.4 is 0 Å². The standard InChI is InChI=1S/C2H8P2/c1-4(2)3/h3H2,1-2H3/i3D. The molecule has 0 spiro atoms. The molecule has 0 aliphatic heterocycles. The van der Waals surface area contributed by atoms with E-state index in [1.165, 1.54) is 0 Å². The SMILES string of the molecule is [2H]PP(C)C. The Morgan fingerprint density at radius 2 is 2.25 bits per heavy atom. The van der Waals surface area contributed by atoms with Gasteiger partial charge in [-0.3, -0.25) is 0 Å². The van der Waals surface area contributed by atoms with Crippen molar-refractivity contribution in [2.24, 2.45) is 0 Å². The van der Waals surface area contributed by atoms with Gasteiger partial charge in [0.1, 0.15) is 0 Å². The van der Waals surface area contributed by atoms with Crippen molar-refractivity contribution >= 4 is 16.5 Å². The molecule has 2 heteroatoms. The highest BCUT2D eigenvalue weighted by Gasteiger charge is 1.65. The summed E-state index contributed by atoms with van der Waals surface area (Å²) in [4.78, 5) is 0. The summed E-state index contributed by atoms with van der Waals surface area (Å²) >= 11 is 0. The van der Waals surface area contributed by atoms with Gasteiger partial charge in [0.15, 0.2) is 0 Å². The van der Waals surface area contributed by atoms with Gasteiger partial charge in [0.25, 0.3) is 0 Å². The second-order valence-electron chi connectivity index (χ2n) is 0.894. The fourth-order valence-corrected chi connectivity index (χ4v) is 0. The Bertz CT molecular complexity index is 21.6. The van der Waals surface area contributed by atoms with Crippen molar-refractivity contribution in [3.63, 3.8) is 0 Å². The van der Waals surface area contributed by atoms with Gasteiger partial charge in [-0.25, -0.2) is 0 Å². The fourth-order valence-electron chi connectivity index (χ4n) is 0. The molecule has 0 aliphatic carbocycles. The van der Waals surface area contributed by atoms with Crippen molar-refractivity contribution in [1.82, 2.24) is 0 Å². The minimum absolute atomic E-state index is 0.0962. The molecular formula is C2H8P2. The summed E-state index contributed by atoms with van der Waals surface area (Å²) in [6.07, 6.45) is 0. The predicted octanol–water partition coefficient (Wildman–Crippen LogP) is 1.52. The van der Waals surface area contributed by atoms with E-state index in [9.17, 15) is 0 Å². The molecule has 0 aliphatic rings. The Morgan fingerprint density at radius 3 is 2.25 bits per heavy atom. The predicted molar refractivity (Wildman–Crippen MR) is 28.5 cm³/mol. The van der Waals surface area contributed by atoms with Crippen LogP contribution in [0.2, 0.25) is 0 Å². The maximum atomic E-state index is 6.71. The first kappa shape index (κ1) is 3.07. The molecule has 0 heterocycles. The maximum absolute atomic E-state index is 6.71. The smallest absolute Gasteiger partial charge is 0.0593 e. The molecule has 0 radical (unpaired) electrons. The molecule has 26 valence electrons. The van der Waals surface area contributed by atoms with Crippen LogP contribution in [0.25, 0.3) is 0 Å². The first-order chi connectivity index (χ1) is 2.27. The van der Waals surface area contributed by atoms with Crippen molar-refractivity contribution < 1.29 is 0 Å². The molecule has 0 fully saturated rings. The minimum Gasteiger partial charge on any atom is -0.112 e. The first-order valence-corrected chi connectivity index (χ1v) is 4.70. The van der Waals surface area contributed by atoms with E-state index in [1.54, 1.807) is 0 Å². The number of hydrogen-bond donors (Lipinski definition) is 0. The van der Waals surface area contributed by atoms with Crippen molar-refractivity contribution in [3.8, 4) is 0 Å². The lowest BCUT2D eigenvalue weighted by Gasteiger charge is -1.81. The summed E-state index contributed by atoms with van der Waals surface area (Å²) in [5.41, 5.74) is 0. The van der Waals surface area contributed by atoms with E-state index < -0.39 is 0 Å². The molecule has 1 unspecified atom stereocenters. The molecule has 0 saturated heterocycles. The molecule has 0 amide bonds. The quantitative estimate of drug-likeness (QED) is 0.433. The summed E-state index contributed by atoms with van der Waals surface area (Å²) in [5, 5.41) is 0. The van der Waals surface area contributed by atoms with Crippen LogP contribution in [0.4, 0.5) is 0 Å². The lowest BCUT2D eigenvalue weighted by molar-refractivity contribution is 2.30. The lowest BCUT2D eigenvalue weighted by atomic mass is 11.9. The van der Waals surface area contributed by atoms with Crippen LogP contribution in [0.5, 0.6) is 0 Å². The average Bonchev–Trinajstić information content (AvgIpc) is 1.38. The minimum atomic E-state index is 0.0962. The van der Waals surface area contributed by atoms with Gasteiger partial charge in [-0.2, -0.15) is 0 Å². The zero-order chi connectivity index (χ0) is 4.28. The normalized spacial score (nSPS) is 15.2. The third-order valence-corrected chi connectivity index (χ3v) is 0. The Labute approximate surface area is 32.1 Å². The van der Waals surface area contributed by atoms with Crippen LogP contribution in [-0.4, -0.2) is 14.6 Å². The molecule has 0 saturated carbocycles. The van der Waals surface area contributed by atoms with E-state index in [0.29, 0.717) is 8.87 Å². The van der Waals surface area contributed by atoms with Gasteiger partial charge in [-0.05, 0) is 13.3 Å². The van der Waals surface area contributed by atoms with Crippen molar-refractivity contribution in [3.05, 3.63) is 0 Å². The first-order valence-electron chi connectivity index (χ1n) is 1.62. The number of rotatable bonds is 1. The molecule has 0 aromatic rings. The van der Waals surface area contributed by atoms with Gasteiger partial charge in [0, 0.05) is 0 Å². The Kier molecular flexibility index (Phi) is 1.62. The van der Waals surface area contributed by atoms with E-state index in [1.807, 2.05) is 0 Å². The lowest BCUT2D eigenvalue weighted by Crippen LogP contribution is -1.34. The monoisotopic (exact) mass is 95.0 g/mol. The van der Waals surface area contributed by atoms with Crippen LogP contribution in [0.3, 0.4) is 0 Å². The van der Waals surface area contributed by atoms with E-state index in [4.69, 9.17) is 1.28 Å². The van der Waals surface area contributed by atoms with Gasteiger partial charge in [-0.1, -0.05) is 7.61 Å². The molecule has 0 aromatic carbocycles. The van der Waals surface area contributed by atoms with E-state index in [-0.39, 0.29) is 7.61 Å². The Hall–Kier alpha value is 0.860. The maximum Gasteiger partial charge on any atom is 0.0593 e. The zero-order valence-corrected chi connectivity index (χ0v) is 4.84. The van der Waals surface area contributed by atoms with E-state index in [2.05, 4.69) is 13.3 Å². The molecule has 0 aromatic heterocycles. The summed E-state index contributed by atoms with van der Waals surface area (Å²) in [6, 6.07) is 0. The highest BCUT2D eigenvalue weighted by molar-refractivity contribution is 8.12. The Balaban J connectivity index is 2.54. The largest absolute Gasteiger partial charge is 0.112 e. The second kappa shape index (κ2) is 2.12. The van der Waals surface area contributed by atoms with Crippen molar-refractivity contribution in [2.75, 3.05) is 13.3 Å². The van der Waals surface area contributed by atoms with Gasteiger partial charge in [-0.15, -0.1) is 8.87 Å². The van der Waals surface area contributed by atoms with Gasteiger partial charge in [0.2, 0.25) is 0 Å². The van der Waals surface area contributed by atoms with Crippen LogP contribution in [-0.2, 0) is 0 Å². The van der Waals surface area contributed by atoms with Crippen molar-refractivity contribution in [2.45, 2.75) is 0 Å². The molecular weight excluding hydrogens is 86.0 g/mol. The molecule has 1 atom stereocenters. The van der Waals surface area contributed by atoms with Crippen LogP contribution in [0.1, 0.15) is 0 Å². The van der Waals surface area contributed by atoms with Gasteiger partial charge < -0.3 is 0 Å². The zero-order valence-electron chi connectivity index (χ0n) is 3.95. The summed E-state index contributed by atoms with van der Waals surface area (Å²) in [5.74, 6) is 0. The van der Waals surface area contributed by atoms with Gasteiger partial charge >= 0.3 is 0 Å². The van der Waals surface area contributed by atoms with Gasteiger partial charge in [0.05, 0.1) is 1.28 Å². The third kappa shape index (κ3) is 13.4. The van der Waals surface area contributed by atoms with E-state index >= 15 is 0 Å². The third-order valence-electron chi connectivity index (χ3n) is 0. The molecule has 0 rings (SSSR count). The van der Waals surface area contributed by atoms with Crippen molar-refractivity contribution in [1.29, 1.82) is 1.28 Å². The average molecular weight is 95.0 g/mol. The van der Waals surface area contributed by atoms with Crippen LogP contribution in [0.15, 0.2) is 0 Å². The topological polar surface area (TPSA) is 0 Å². The second-order valence-corrected chi connectivity index (χ2v) is 5.37. The molecule has 4 heavy (non-hydrogen) atoms. The molecule has 0 N–H and O–H groups in total.